The predicted molar refractivity (Wildman–Crippen MR) is 344 cm³/mol. The zero-order chi connectivity index (χ0) is 64.4. The van der Waals surface area contributed by atoms with Gasteiger partial charge in [-0.2, -0.15) is 18.2 Å². The van der Waals surface area contributed by atoms with Gasteiger partial charge in [-0.1, -0.05) is 201 Å². The van der Waals surface area contributed by atoms with Crippen LogP contribution in [0, 0.1) is 18.5 Å². The van der Waals surface area contributed by atoms with Crippen molar-refractivity contribution in [1.29, 1.82) is 0 Å². The molecule has 0 N–H and O–H groups in total. The van der Waals surface area contributed by atoms with Crippen LogP contribution >= 0.6 is 0 Å². The molecule has 5 heterocycles. The van der Waals surface area contributed by atoms with E-state index in [0.717, 1.165) is 71.8 Å². The van der Waals surface area contributed by atoms with Crippen molar-refractivity contribution in [2.45, 2.75) is 78.6 Å². The minimum atomic E-state index is -0.547. The number of fused-ring (bicyclic) bond motifs is 13. The van der Waals surface area contributed by atoms with E-state index in [-0.39, 0.29) is 66.2 Å². The fraction of sp³-hybridized carbons (Fsp3) is 0.154. The Labute approximate surface area is 522 Å². The second-order valence-electron chi connectivity index (χ2n) is 25.1. The third-order valence-corrected chi connectivity index (χ3v) is 16.5. The minimum Gasteiger partial charge on any atom is -0.510 e. The van der Waals surface area contributed by atoms with Gasteiger partial charge < -0.3 is 18.3 Å². The van der Waals surface area contributed by atoms with Crippen LogP contribution in [-0.4, -0.2) is 14.1 Å². The van der Waals surface area contributed by atoms with Gasteiger partial charge in [-0.15, -0.1) is 29.7 Å². The van der Waals surface area contributed by atoms with Crippen LogP contribution in [0.25, 0.3) is 128 Å². The maximum Gasteiger partial charge on any atom is 0.268 e. The van der Waals surface area contributed by atoms with E-state index in [2.05, 4.69) is 152 Å². The van der Waals surface area contributed by atoms with Crippen molar-refractivity contribution in [3.05, 3.63) is 247 Å². The molecule has 10 aromatic carbocycles. The Kier molecular flexibility index (Phi) is 10.7. The Balaban J connectivity index is 0.00000749. The molecule has 0 unspecified atom stereocenters. The molecular formula is C78H62N4O2Pt-2. The van der Waals surface area contributed by atoms with Gasteiger partial charge in [-0.3, -0.25) is 4.57 Å². The number of pyridine rings is 1. The summed E-state index contributed by atoms with van der Waals surface area (Å²) >= 11 is 0. The monoisotopic (exact) mass is 1290 g/mol. The number of ether oxygens (including phenoxy) is 1. The molecule has 418 valence electrons. The second-order valence-corrected chi connectivity index (χ2v) is 25.1. The molecule has 6 nitrogen and oxygen atoms in total. The van der Waals surface area contributed by atoms with Gasteiger partial charge >= 0.3 is 0 Å². The van der Waals surface area contributed by atoms with Crippen molar-refractivity contribution >= 4 is 54.8 Å². The van der Waals surface area contributed by atoms with Gasteiger partial charge in [0.05, 0.1) is 27.7 Å². The average molecular weight is 1290 g/mol. The van der Waals surface area contributed by atoms with E-state index in [0.29, 0.717) is 61.7 Å². The van der Waals surface area contributed by atoms with Gasteiger partial charge in [-0.05, 0) is 142 Å². The van der Waals surface area contributed by atoms with Gasteiger partial charge in [-0.25, -0.2) is 4.98 Å². The van der Waals surface area contributed by atoms with E-state index in [1.165, 1.54) is 0 Å². The normalized spacial score (nSPS) is 13.8. The summed E-state index contributed by atoms with van der Waals surface area (Å²) in [5.41, 5.74) is 11.2. The average Bonchev–Trinajstić information content (AvgIpc) is 1.60. The molecule has 0 radical (unpaired) electrons. The van der Waals surface area contributed by atoms with Crippen molar-refractivity contribution < 1.29 is 45.8 Å². The third kappa shape index (κ3) is 9.12. The molecule has 14 aromatic rings. The quantitative estimate of drug-likeness (QED) is 0.123. The first-order valence-electron chi connectivity index (χ1n) is 32.4. The molecule has 0 bridgehead atoms. The fourth-order valence-electron chi connectivity index (χ4n) is 12.0. The molecule has 4 aromatic heterocycles. The number of hydrogen-bond donors (Lipinski definition) is 0. The van der Waals surface area contributed by atoms with E-state index in [4.69, 9.17) is 14.1 Å². The van der Waals surface area contributed by atoms with Crippen LogP contribution in [0.2, 0.25) is 0 Å². The number of para-hydroxylation sites is 2. The van der Waals surface area contributed by atoms with Crippen LogP contribution in [0.3, 0.4) is 0 Å². The van der Waals surface area contributed by atoms with E-state index in [9.17, 15) is 11.0 Å². The van der Waals surface area contributed by atoms with Gasteiger partial charge in [0, 0.05) is 55.1 Å². The summed E-state index contributed by atoms with van der Waals surface area (Å²) in [5.74, 6) is 1.56. The molecule has 1 aliphatic rings. The van der Waals surface area contributed by atoms with Crippen molar-refractivity contribution in [3.8, 4) is 84.3 Å². The van der Waals surface area contributed by atoms with Crippen molar-refractivity contribution in [3.63, 3.8) is 0 Å². The Morgan fingerprint density at radius 3 is 1.85 bits per heavy atom. The topological polar surface area (TPSA) is 49.0 Å². The Morgan fingerprint density at radius 2 is 1.12 bits per heavy atom. The van der Waals surface area contributed by atoms with Gasteiger partial charge in [0.15, 0.2) is 0 Å². The van der Waals surface area contributed by atoms with Crippen LogP contribution in [0.15, 0.2) is 217 Å². The number of furan rings is 1. The molecule has 0 saturated carbocycles. The maximum atomic E-state index is 10.1. The smallest absolute Gasteiger partial charge is 0.268 e. The molecule has 0 aliphatic carbocycles. The van der Waals surface area contributed by atoms with Crippen LogP contribution < -0.4 is 9.30 Å². The number of imidazole rings is 1. The molecule has 0 atom stereocenters. The summed E-state index contributed by atoms with van der Waals surface area (Å²) in [6.07, 6.45) is 5.67. The zero-order valence-corrected chi connectivity index (χ0v) is 50.8. The standard InChI is InChI=1S/C78H62N4O2.Pt/c1-76(2,3)51-32-29-48(30-33-51)50-40-66-59-23-12-10-21-57(59)58-22-11-13-24-60(58)67-43-53(78(7,8)9)42-64(49-31-36-72-65(39-49)63-26-15-17-28-71(63)84-72)74(67)81-47-80(70(41-50)75(66)81)54-19-18-20-55(45-54)83-56-34-35-62-61-25-14-16-27-68(61)82(69(62)46-56)73-44-52(37-38-79-73)77(4,5)6;/h10-44H,1-9H3;/q-2;/i10D,11D,12D,13D,21D,22D,23D,24D;. The van der Waals surface area contributed by atoms with E-state index in [1.54, 1.807) is 0 Å². The van der Waals surface area contributed by atoms with E-state index >= 15 is 0 Å². The number of hydrogen-bond acceptors (Lipinski definition) is 3. The number of nitrogens with zero attached hydrogens (tertiary/aromatic N) is 4. The second kappa shape index (κ2) is 20.0. The first-order chi connectivity index (χ1) is 43.8. The van der Waals surface area contributed by atoms with Crippen LogP contribution in [-0.2, 0) is 37.3 Å². The third-order valence-electron chi connectivity index (χ3n) is 16.5. The minimum absolute atomic E-state index is 0. The van der Waals surface area contributed by atoms with Crippen molar-refractivity contribution in [1.82, 2.24) is 14.1 Å². The molecule has 0 saturated heterocycles. The maximum absolute atomic E-state index is 10.1. The van der Waals surface area contributed by atoms with Crippen LogP contribution in [0.5, 0.6) is 11.5 Å². The SMILES string of the molecule is [2H]c1c([2H])c([2H])c2c(c1[2H])-c1cc(C(C)(C)C)cc(-c3ccc4oc5ccccc5c4c3)c1-[n+]1[c-]n(-c3[c-]c(Oc4[c-]c5c(cc4)c4ccccc4n5-c4cc(C(C)(C)C)ccn4)ccc3)c3cc(-c4ccc(C(C)(C)C)cc4)cc(c31)-c1c([2H])c([2H])c([2H])c([2H])c1-2.[Pt]. The van der Waals surface area contributed by atoms with Crippen molar-refractivity contribution in [2.75, 3.05) is 0 Å². The fourth-order valence-corrected chi connectivity index (χ4v) is 12.0. The predicted octanol–water partition coefficient (Wildman–Crippen LogP) is 20.0. The summed E-state index contributed by atoms with van der Waals surface area (Å²) in [6, 6.07) is 55.9. The molecule has 1 aliphatic heterocycles. The first kappa shape index (κ1) is 45.4. The van der Waals surface area contributed by atoms with Crippen LogP contribution in [0.1, 0.15) is 90.0 Å². The van der Waals surface area contributed by atoms with E-state index < -0.39 is 41.7 Å². The molecule has 0 amide bonds. The van der Waals surface area contributed by atoms with Crippen LogP contribution in [0.4, 0.5) is 0 Å². The van der Waals surface area contributed by atoms with Gasteiger partial charge in [0.2, 0.25) is 0 Å². The summed E-state index contributed by atoms with van der Waals surface area (Å²) in [4.78, 5) is 4.90. The zero-order valence-electron chi connectivity index (χ0n) is 56.5. The molecule has 7 heteroatoms. The summed E-state index contributed by atoms with van der Waals surface area (Å²) in [5, 5.41) is 3.81. The summed E-state index contributed by atoms with van der Waals surface area (Å²) in [6.45, 7) is 19.3. The Bertz CT molecular complexity index is 5490. The van der Waals surface area contributed by atoms with Crippen molar-refractivity contribution in [2.24, 2.45) is 0 Å². The Hall–Kier alpha value is -9.09. The summed E-state index contributed by atoms with van der Waals surface area (Å²) in [7, 11) is 0. The first-order valence-corrected chi connectivity index (χ1v) is 28.4. The number of aromatic nitrogens is 4. The van der Waals surface area contributed by atoms with Gasteiger partial charge in [0.1, 0.15) is 17.0 Å². The molecule has 0 fully saturated rings. The number of benzene rings is 10. The number of rotatable bonds is 6. The Morgan fingerprint density at radius 1 is 0.482 bits per heavy atom. The molecular weight excluding hydrogens is 1220 g/mol. The van der Waals surface area contributed by atoms with Gasteiger partial charge in [0.25, 0.3) is 6.33 Å². The molecule has 0 spiro atoms. The molecule has 85 heavy (non-hydrogen) atoms. The largest absolute Gasteiger partial charge is 0.510 e. The van der Waals surface area contributed by atoms with E-state index in [1.807, 2.05) is 106 Å². The summed E-state index contributed by atoms with van der Waals surface area (Å²) < 4.78 is 96.9. The molecule has 15 rings (SSSR count).